The van der Waals surface area contributed by atoms with Crippen LogP contribution >= 0.6 is 11.8 Å². The lowest BCUT2D eigenvalue weighted by Gasteiger charge is -2.19. The molecule has 0 atom stereocenters. The maximum Gasteiger partial charge on any atom is 0.244 e. The van der Waals surface area contributed by atoms with Crippen LogP contribution in [0.3, 0.4) is 0 Å². The highest BCUT2D eigenvalue weighted by molar-refractivity contribution is 8.04. The van der Waals surface area contributed by atoms with Crippen LogP contribution in [0, 0.1) is 5.41 Å². The Hall–Kier alpha value is -2.86. The van der Waals surface area contributed by atoms with Crippen molar-refractivity contribution in [3.63, 3.8) is 0 Å². The molecule has 2 amide bonds. The largest absolute Gasteiger partial charge is 0.325 e. The monoisotopic (exact) mass is 408 g/mol. The first-order valence-corrected chi connectivity index (χ1v) is 10.4. The van der Waals surface area contributed by atoms with Crippen molar-refractivity contribution in [3.05, 3.63) is 65.7 Å². The number of hydrogen-bond donors (Lipinski definition) is 1. The molecule has 0 spiro atoms. The van der Waals surface area contributed by atoms with E-state index in [1.54, 1.807) is 0 Å². The highest BCUT2D eigenvalue weighted by Crippen LogP contribution is 2.30. The van der Waals surface area contributed by atoms with E-state index in [2.05, 4.69) is 5.32 Å². The molecule has 0 aliphatic carbocycles. The quantitative estimate of drug-likeness (QED) is 0.748. The summed E-state index contributed by atoms with van der Waals surface area (Å²) in [5.41, 5.74) is 2.28. The van der Waals surface area contributed by atoms with Crippen molar-refractivity contribution in [1.82, 2.24) is 4.90 Å². The first-order valence-electron chi connectivity index (χ1n) is 9.39. The Labute approximate surface area is 175 Å². The highest BCUT2D eigenvalue weighted by Gasteiger charge is 2.30. The molecular weight excluding hydrogens is 384 g/mol. The van der Waals surface area contributed by atoms with Gasteiger partial charge in [0.15, 0.2) is 5.78 Å². The van der Waals surface area contributed by atoms with Gasteiger partial charge in [-0.2, -0.15) is 0 Å². The zero-order valence-corrected chi connectivity index (χ0v) is 17.6. The van der Waals surface area contributed by atoms with E-state index >= 15 is 0 Å². The molecule has 3 rings (SSSR count). The summed E-state index contributed by atoms with van der Waals surface area (Å²) in [7, 11) is 0. The number of thioether (sulfide) groups is 1. The average Bonchev–Trinajstić information content (AvgIpc) is 3.02. The minimum atomic E-state index is -0.534. The van der Waals surface area contributed by atoms with E-state index in [9.17, 15) is 14.4 Å². The number of amides is 2. The zero-order chi connectivity index (χ0) is 21.0. The first-order chi connectivity index (χ1) is 13.7. The van der Waals surface area contributed by atoms with Gasteiger partial charge in [0.1, 0.15) is 6.54 Å². The molecule has 1 saturated heterocycles. The summed E-state index contributed by atoms with van der Waals surface area (Å²) >= 11 is 1.29. The van der Waals surface area contributed by atoms with Crippen LogP contribution in [0.2, 0.25) is 0 Å². The number of nitrogens with zero attached hydrogens (tertiary/aromatic N) is 1. The molecule has 0 aromatic heterocycles. The van der Waals surface area contributed by atoms with Gasteiger partial charge in [-0.25, -0.2) is 0 Å². The van der Waals surface area contributed by atoms with E-state index in [0.29, 0.717) is 10.7 Å². The Morgan fingerprint density at radius 3 is 2.28 bits per heavy atom. The van der Waals surface area contributed by atoms with Crippen molar-refractivity contribution < 1.29 is 14.4 Å². The van der Waals surface area contributed by atoms with Gasteiger partial charge >= 0.3 is 0 Å². The second-order valence-corrected chi connectivity index (χ2v) is 8.85. The van der Waals surface area contributed by atoms with E-state index in [-0.39, 0.29) is 29.9 Å². The van der Waals surface area contributed by atoms with Crippen molar-refractivity contribution in [2.75, 3.05) is 17.6 Å². The fourth-order valence-electron chi connectivity index (χ4n) is 2.75. The lowest BCUT2D eigenvalue weighted by atomic mass is 9.91. The minimum Gasteiger partial charge on any atom is -0.325 e. The third kappa shape index (κ3) is 5.35. The van der Waals surface area contributed by atoms with Crippen LogP contribution in [-0.4, -0.2) is 34.8 Å². The lowest BCUT2D eigenvalue weighted by Crippen LogP contribution is -2.34. The standard InChI is InChI=1S/C23H24N2O3S/c1-23(2,3)19(26)13-22-25(21(28)15-29-22)14-20(27)24-18-11-9-17(10-12-18)16-7-5-4-6-8-16/h4-13H,14-15H2,1-3H3,(H,24,27)/b22-13-. The van der Waals surface area contributed by atoms with E-state index in [4.69, 9.17) is 0 Å². The van der Waals surface area contributed by atoms with Gasteiger partial charge in [-0.05, 0) is 23.3 Å². The van der Waals surface area contributed by atoms with Crippen LogP contribution in [0.15, 0.2) is 65.7 Å². The number of allylic oxidation sites excluding steroid dienone is 1. The number of carbonyl (C=O) groups is 3. The van der Waals surface area contributed by atoms with E-state index in [1.165, 1.54) is 22.7 Å². The number of hydrogen-bond acceptors (Lipinski definition) is 4. The van der Waals surface area contributed by atoms with Gasteiger partial charge in [0.25, 0.3) is 0 Å². The van der Waals surface area contributed by atoms with Crippen LogP contribution < -0.4 is 5.32 Å². The van der Waals surface area contributed by atoms with Gasteiger partial charge in [0.2, 0.25) is 11.8 Å². The fourth-order valence-corrected chi connectivity index (χ4v) is 3.69. The molecule has 1 heterocycles. The Morgan fingerprint density at radius 2 is 1.66 bits per heavy atom. The number of benzene rings is 2. The molecule has 0 bridgehead atoms. The second-order valence-electron chi connectivity index (χ2n) is 7.86. The SMILES string of the molecule is CC(C)(C)C(=O)/C=C1\SCC(=O)N1CC(=O)Nc1ccc(-c2ccccc2)cc1. The van der Waals surface area contributed by atoms with Crippen molar-refractivity contribution in [2.45, 2.75) is 20.8 Å². The highest BCUT2D eigenvalue weighted by atomic mass is 32.2. The van der Waals surface area contributed by atoms with Crippen molar-refractivity contribution in [1.29, 1.82) is 0 Å². The smallest absolute Gasteiger partial charge is 0.244 e. The molecule has 1 aliphatic rings. The molecule has 0 saturated carbocycles. The van der Waals surface area contributed by atoms with Gasteiger partial charge in [-0.15, -0.1) is 0 Å². The molecule has 0 radical (unpaired) electrons. The molecule has 2 aromatic carbocycles. The predicted molar refractivity (Wildman–Crippen MR) is 117 cm³/mol. The van der Waals surface area contributed by atoms with Gasteiger partial charge in [0.05, 0.1) is 10.8 Å². The molecule has 2 aromatic rings. The van der Waals surface area contributed by atoms with Crippen molar-refractivity contribution in [3.8, 4) is 11.1 Å². The molecule has 150 valence electrons. The Balaban J connectivity index is 1.65. The molecule has 5 nitrogen and oxygen atoms in total. The molecule has 29 heavy (non-hydrogen) atoms. The number of nitrogens with one attached hydrogen (secondary N) is 1. The maximum atomic E-state index is 12.5. The van der Waals surface area contributed by atoms with Gasteiger partial charge in [0, 0.05) is 17.2 Å². The summed E-state index contributed by atoms with van der Waals surface area (Å²) in [6, 6.07) is 17.5. The van der Waals surface area contributed by atoms with Crippen LogP contribution in [0.5, 0.6) is 0 Å². The third-order valence-corrected chi connectivity index (χ3v) is 5.51. The lowest BCUT2D eigenvalue weighted by molar-refractivity contribution is -0.129. The van der Waals surface area contributed by atoms with E-state index < -0.39 is 5.41 Å². The Morgan fingerprint density at radius 1 is 1.03 bits per heavy atom. The summed E-state index contributed by atoms with van der Waals surface area (Å²) in [5.74, 6) is -0.306. The van der Waals surface area contributed by atoms with Gasteiger partial charge in [-0.3, -0.25) is 19.3 Å². The van der Waals surface area contributed by atoms with Crippen molar-refractivity contribution in [2.24, 2.45) is 5.41 Å². The average molecular weight is 409 g/mol. The van der Waals surface area contributed by atoms with Crippen LogP contribution in [0.4, 0.5) is 5.69 Å². The summed E-state index contributed by atoms with van der Waals surface area (Å²) in [4.78, 5) is 38.3. The number of anilines is 1. The Bertz CT molecular complexity index is 944. The summed E-state index contributed by atoms with van der Waals surface area (Å²) in [6.45, 7) is 5.35. The first kappa shape index (κ1) is 20.9. The molecule has 6 heteroatoms. The van der Waals surface area contributed by atoms with Crippen LogP contribution in [0.1, 0.15) is 20.8 Å². The summed E-state index contributed by atoms with van der Waals surface area (Å²) in [6.07, 6.45) is 1.47. The molecule has 1 aliphatic heterocycles. The summed E-state index contributed by atoms with van der Waals surface area (Å²) < 4.78 is 0. The number of carbonyl (C=O) groups excluding carboxylic acids is 3. The predicted octanol–water partition coefficient (Wildman–Crippen LogP) is 4.32. The minimum absolute atomic E-state index is 0.0726. The van der Waals surface area contributed by atoms with E-state index in [1.807, 2.05) is 75.4 Å². The van der Waals surface area contributed by atoms with Crippen LogP contribution in [0.25, 0.3) is 11.1 Å². The molecule has 1 N–H and O–H groups in total. The second kappa shape index (κ2) is 8.66. The Kier molecular flexibility index (Phi) is 6.23. The fraction of sp³-hybridized carbons (Fsp3) is 0.261. The summed E-state index contributed by atoms with van der Waals surface area (Å²) in [5, 5.41) is 3.35. The zero-order valence-electron chi connectivity index (χ0n) is 16.8. The number of rotatable bonds is 5. The molecule has 0 unspecified atom stereocenters. The molecule has 1 fully saturated rings. The van der Waals surface area contributed by atoms with Gasteiger partial charge < -0.3 is 5.32 Å². The van der Waals surface area contributed by atoms with Crippen molar-refractivity contribution >= 4 is 35.0 Å². The third-order valence-electron chi connectivity index (χ3n) is 4.48. The number of ketones is 1. The van der Waals surface area contributed by atoms with Gasteiger partial charge in [-0.1, -0.05) is 75.0 Å². The topological polar surface area (TPSA) is 66.5 Å². The normalized spacial score (nSPS) is 15.6. The maximum absolute atomic E-state index is 12.5. The van der Waals surface area contributed by atoms with E-state index in [0.717, 1.165) is 11.1 Å². The van der Waals surface area contributed by atoms with Crippen LogP contribution in [-0.2, 0) is 14.4 Å². The molecular formula is C23H24N2O3S.